The average molecular weight is 515 g/mol. The fraction of sp³-hybridized carbons (Fsp3) is 0.333. The van der Waals surface area contributed by atoms with E-state index in [0.29, 0.717) is 5.52 Å². The molecule has 6 nitrogen and oxygen atoms in total. The van der Waals surface area contributed by atoms with Crippen molar-refractivity contribution in [2.45, 2.75) is 52.0 Å². The Morgan fingerprint density at radius 1 is 0.889 bits per heavy atom. The molecule has 2 aromatic carbocycles. The van der Waals surface area contributed by atoms with Gasteiger partial charge in [0.2, 0.25) is 0 Å². The predicted molar refractivity (Wildman–Crippen MR) is 121 cm³/mol. The molecule has 0 radical (unpaired) electrons. The van der Waals surface area contributed by atoms with Crippen LogP contribution in [0.25, 0.3) is 10.9 Å². The highest BCUT2D eigenvalue weighted by Crippen LogP contribution is 2.47. The molecule has 0 spiro atoms. The van der Waals surface area contributed by atoms with Crippen molar-refractivity contribution in [3.63, 3.8) is 0 Å². The summed E-state index contributed by atoms with van der Waals surface area (Å²) in [6.07, 6.45) is -8.86. The number of anilines is 1. The third kappa shape index (κ3) is 5.92. The van der Waals surface area contributed by atoms with Gasteiger partial charge in [-0.1, -0.05) is 13.8 Å². The standard InChI is InChI=1S/C24H23F6N3O3/c1-11(2)16-10-31-19-9-14(5-6-15(16)19)36-20-17(23(25,26)27)7-13(8-18(20)24(28,29)30)33-22(35)21(34)32-12(3)4/h5-12,31H,1-4H3,(H,32,34)(H,33,35). The number of aromatic nitrogens is 1. The summed E-state index contributed by atoms with van der Waals surface area (Å²) < 4.78 is 88.4. The summed E-state index contributed by atoms with van der Waals surface area (Å²) in [5.41, 5.74) is -3.02. The molecule has 194 valence electrons. The second-order valence-electron chi connectivity index (χ2n) is 8.69. The van der Waals surface area contributed by atoms with Crippen LogP contribution in [0.1, 0.15) is 50.3 Å². The molecule has 0 aliphatic carbocycles. The van der Waals surface area contributed by atoms with Crippen LogP contribution in [-0.4, -0.2) is 22.8 Å². The smallest absolute Gasteiger partial charge is 0.420 e. The zero-order valence-corrected chi connectivity index (χ0v) is 19.6. The molecule has 0 bridgehead atoms. The Morgan fingerprint density at radius 3 is 1.97 bits per heavy atom. The van der Waals surface area contributed by atoms with Gasteiger partial charge in [-0.2, -0.15) is 26.3 Å². The number of rotatable bonds is 5. The number of hydrogen-bond acceptors (Lipinski definition) is 3. The quantitative estimate of drug-likeness (QED) is 0.265. The first-order valence-corrected chi connectivity index (χ1v) is 10.8. The Labute approximate surface area is 202 Å². The van der Waals surface area contributed by atoms with E-state index in [1.54, 1.807) is 17.6 Å². The summed E-state index contributed by atoms with van der Waals surface area (Å²) in [4.78, 5) is 26.7. The van der Waals surface area contributed by atoms with Crippen LogP contribution in [0.15, 0.2) is 36.5 Å². The van der Waals surface area contributed by atoms with Gasteiger partial charge in [0, 0.05) is 34.9 Å². The van der Waals surface area contributed by atoms with Crippen molar-refractivity contribution < 1.29 is 40.7 Å². The molecular weight excluding hydrogens is 492 g/mol. The molecule has 0 aliphatic heterocycles. The molecule has 1 aromatic heterocycles. The van der Waals surface area contributed by atoms with Gasteiger partial charge in [0.05, 0.1) is 0 Å². The summed E-state index contributed by atoms with van der Waals surface area (Å²) in [6, 6.07) is 4.20. The number of nitrogens with one attached hydrogen (secondary N) is 3. The van der Waals surface area contributed by atoms with Crippen LogP contribution in [0.5, 0.6) is 11.5 Å². The fourth-order valence-electron chi connectivity index (χ4n) is 3.53. The van der Waals surface area contributed by atoms with Gasteiger partial charge in [-0.25, -0.2) is 0 Å². The largest absolute Gasteiger partial charge is 0.456 e. The molecule has 0 atom stereocenters. The maximum atomic E-state index is 13.9. The topological polar surface area (TPSA) is 83.2 Å². The molecule has 3 rings (SSSR count). The highest BCUT2D eigenvalue weighted by molar-refractivity contribution is 6.39. The highest BCUT2D eigenvalue weighted by atomic mass is 19.4. The Kier molecular flexibility index (Phi) is 7.28. The minimum absolute atomic E-state index is 0.129. The number of ether oxygens (including phenoxy) is 1. The first-order chi connectivity index (χ1) is 16.6. The van der Waals surface area contributed by atoms with E-state index in [9.17, 15) is 35.9 Å². The Balaban J connectivity index is 2.09. The average Bonchev–Trinajstić information content (AvgIpc) is 3.16. The van der Waals surface area contributed by atoms with Crippen molar-refractivity contribution in [2.24, 2.45) is 0 Å². The van der Waals surface area contributed by atoms with E-state index in [4.69, 9.17) is 4.74 Å². The number of amides is 2. The first kappa shape index (κ1) is 26.9. The van der Waals surface area contributed by atoms with Crippen LogP contribution in [0.4, 0.5) is 32.0 Å². The van der Waals surface area contributed by atoms with Crippen molar-refractivity contribution in [1.82, 2.24) is 10.3 Å². The van der Waals surface area contributed by atoms with Crippen molar-refractivity contribution >= 4 is 28.4 Å². The van der Waals surface area contributed by atoms with Gasteiger partial charge >= 0.3 is 24.2 Å². The Hall–Kier alpha value is -3.70. The number of alkyl halides is 6. The summed E-state index contributed by atoms with van der Waals surface area (Å²) >= 11 is 0. The summed E-state index contributed by atoms with van der Waals surface area (Å²) in [6.45, 7) is 6.92. The normalized spacial score (nSPS) is 12.3. The minimum Gasteiger partial charge on any atom is -0.456 e. The van der Waals surface area contributed by atoms with Gasteiger partial charge < -0.3 is 20.4 Å². The SMILES string of the molecule is CC(C)NC(=O)C(=O)Nc1cc(C(F)(F)F)c(Oc2ccc3c(C(C)C)c[nH]c3c2)c(C(F)(F)F)c1. The second kappa shape index (κ2) is 9.75. The first-order valence-electron chi connectivity index (χ1n) is 10.8. The third-order valence-electron chi connectivity index (χ3n) is 5.11. The molecule has 2 amide bonds. The van der Waals surface area contributed by atoms with Crippen molar-refractivity contribution in [3.8, 4) is 11.5 Å². The van der Waals surface area contributed by atoms with Crippen molar-refractivity contribution in [2.75, 3.05) is 5.32 Å². The Morgan fingerprint density at radius 2 is 1.47 bits per heavy atom. The lowest BCUT2D eigenvalue weighted by molar-refractivity contribution is -0.145. The second-order valence-corrected chi connectivity index (χ2v) is 8.69. The van der Waals surface area contributed by atoms with E-state index in [0.717, 1.165) is 10.9 Å². The Bertz CT molecular complexity index is 1260. The number of benzene rings is 2. The van der Waals surface area contributed by atoms with Crippen LogP contribution in [0.3, 0.4) is 0 Å². The molecule has 0 saturated carbocycles. The van der Waals surface area contributed by atoms with Gasteiger partial charge in [-0.05, 0) is 49.6 Å². The summed E-state index contributed by atoms with van der Waals surface area (Å²) in [7, 11) is 0. The molecular formula is C24H23F6N3O3. The van der Waals surface area contributed by atoms with E-state index < -0.39 is 52.8 Å². The monoisotopic (exact) mass is 515 g/mol. The summed E-state index contributed by atoms with van der Waals surface area (Å²) in [5.74, 6) is -4.24. The van der Waals surface area contributed by atoms with Crippen LogP contribution < -0.4 is 15.4 Å². The van der Waals surface area contributed by atoms with Crippen molar-refractivity contribution in [1.29, 1.82) is 0 Å². The van der Waals surface area contributed by atoms with Gasteiger partial charge in [0.15, 0.2) is 5.75 Å². The van der Waals surface area contributed by atoms with Gasteiger partial charge in [-0.15, -0.1) is 0 Å². The number of hydrogen-bond donors (Lipinski definition) is 3. The lowest BCUT2D eigenvalue weighted by atomic mass is 10.0. The lowest BCUT2D eigenvalue weighted by Gasteiger charge is -2.21. The molecule has 0 fully saturated rings. The van der Waals surface area contributed by atoms with E-state index in [-0.39, 0.29) is 23.8 Å². The van der Waals surface area contributed by atoms with E-state index in [1.807, 2.05) is 13.8 Å². The molecule has 3 aromatic rings. The van der Waals surface area contributed by atoms with E-state index in [1.165, 1.54) is 26.0 Å². The van der Waals surface area contributed by atoms with Crippen molar-refractivity contribution in [3.05, 3.63) is 53.2 Å². The van der Waals surface area contributed by atoms with E-state index >= 15 is 0 Å². The minimum atomic E-state index is -5.28. The molecule has 0 unspecified atom stereocenters. The number of carbonyl (C=O) groups is 2. The molecule has 3 N–H and O–H groups in total. The molecule has 12 heteroatoms. The van der Waals surface area contributed by atoms with Crippen LogP contribution >= 0.6 is 0 Å². The number of H-pyrrole nitrogens is 1. The number of carbonyl (C=O) groups excluding carboxylic acids is 2. The maximum Gasteiger partial charge on any atom is 0.420 e. The van der Waals surface area contributed by atoms with Crippen LogP contribution in [0, 0.1) is 0 Å². The molecule has 0 saturated heterocycles. The lowest BCUT2D eigenvalue weighted by Crippen LogP contribution is -2.39. The molecule has 1 heterocycles. The molecule has 36 heavy (non-hydrogen) atoms. The van der Waals surface area contributed by atoms with Crippen LogP contribution in [-0.2, 0) is 21.9 Å². The molecule has 0 aliphatic rings. The number of halogens is 6. The highest BCUT2D eigenvalue weighted by Gasteiger charge is 2.43. The van der Waals surface area contributed by atoms with Gasteiger partial charge in [0.25, 0.3) is 0 Å². The van der Waals surface area contributed by atoms with Gasteiger partial charge in [-0.3, -0.25) is 9.59 Å². The predicted octanol–water partition coefficient (Wildman–Crippen LogP) is 6.58. The zero-order chi connectivity index (χ0) is 27.0. The number of fused-ring (bicyclic) bond motifs is 1. The third-order valence-corrected chi connectivity index (χ3v) is 5.11. The number of aromatic amines is 1. The van der Waals surface area contributed by atoms with E-state index in [2.05, 4.69) is 10.3 Å². The zero-order valence-electron chi connectivity index (χ0n) is 19.6. The fourth-order valence-corrected chi connectivity index (χ4v) is 3.53. The van der Waals surface area contributed by atoms with Crippen LogP contribution in [0.2, 0.25) is 0 Å². The maximum absolute atomic E-state index is 13.9. The summed E-state index contributed by atoms with van der Waals surface area (Å²) in [5, 5.41) is 4.74. The van der Waals surface area contributed by atoms with Gasteiger partial charge in [0.1, 0.15) is 16.9 Å².